The largest absolute Gasteiger partial charge is 0.352 e. The maximum absolute atomic E-state index is 13.2. The number of carbonyl (C=O) groups excluding carboxylic acids is 2. The molecular formula is C22H25Cl3N2O2. The lowest BCUT2D eigenvalue weighted by atomic mass is 10.1. The Balaban J connectivity index is 2.29. The lowest BCUT2D eigenvalue weighted by molar-refractivity contribution is -0.140. The van der Waals surface area contributed by atoms with Crippen LogP contribution in [0.3, 0.4) is 0 Å². The van der Waals surface area contributed by atoms with Gasteiger partial charge < -0.3 is 10.2 Å². The van der Waals surface area contributed by atoms with Gasteiger partial charge >= 0.3 is 0 Å². The van der Waals surface area contributed by atoms with Crippen molar-refractivity contribution in [2.45, 2.75) is 52.2 Å². The third kappa shape index (κ3) is 6.63. The maximum Gasteiger partial charge on any atom is 0.242 e. The Bertz CT molecular complexity index is 835. The molecule has 7 heteroatoms. The Labute approximate surface area is 187 Å². The van der Waals surface area contributed by atoms with Gasteiger partial charge in [-0.2, -0.15) is 0 Å². The molecule has 2 atom stereocenters. The molecule has 0 heterocycles. The molecule has 0 radical (unpaired) electrons. The van der Waals surface area contributed by atoms with E-state index in [1.165, 1.54) is 4.90 Å². The molecule has 2 aromatic rings. The van der Waals surface area contributed by atoms with Gasteiger partial charge in [-0.1, -0.05) is 59.9 Å². The highest BCUT2D eigenvalue weighted by Crippen LogP contribution is 2.27. The monoisotopic (exact) mass is 454 g/mol. The molecule has 0 saturated carbocycles. The van der Waals surface area contributed by atoms with E-state index in [2.05, 4.69) is 5.32 Å². The van der Waals surface area contributed by atoms with Gasteiger partial charge in [0.25, 0.3) is 0 Å². The maximum atomic E-state index is 13.2. The minimum atomic E-state index is -0.684. The SMILES string of the molecule is CC[C@@H](C)NC(=O)[C@H](C)N(Cc1c(Cl)cccc1Cl)C(=O)Cc1ccc(Cl)cc1. The van der Waals surface area contributed by atoms with E-state index >= 15 is 0 Å². The predicted octanol–water partition coefficient (Wildman–Crippen LogP) is 5.52. The summed E-state index contributed by atoms with van der Waals surface area (Å²) < 4.78 is 0. The van der Waals surface area contributed by atoms with Gasteiger partial charge in [0.15, 0.2) is 0 Å². The van der Waals surface area contributed by atoms with E-state index in [0.29, 0.717) is 20.6 Å². The average molecular weight is 456 g/mol. The fraction of sp³-hybridized carbons (Fsp3) is 0.364. The first kappa shape index (κ1) is 23.5. The number of nitrogens with one attached hydrogen (secondary N) is 1. The summed E-state index contributed by atoms with van der Waals surface area (Å²) >= 11 is 18.5. The van der Waals surface area contributed by atoms with Crippen molar-refractivity contribution in [3.8, 4) is 0 Å². The van der Waals surface area contributed by atoms with Crippen LogP contribution in [0.15, 0.2) is 42.5 Å². The third-order valence-corrected chi connectivity index (χ3v) is 5.79. The zero-order chi connectivity index (χ0) is 21.6. The van der Waals surface area contributed by atoms with Gasteiger partial charge in [0, 0.05) is 33.2 Å². The second kappa shape index (κ2) is 10.9. The van der Waals surface area contributed by atoms with Crippen molar-refractivity contribution in [3.05, 3.63) is 68.7 Å². The molecule has 4 nitrogen and oxygen atoms in total. The van der Waals surface area contributed by atoms with E-state index < -0.39 is 6.04 Å². The van der Waals surface area contributed by atoms with Crippen molar-refractivity contribution in [2.75, 3.05) is 0 Å². The minimum Gasteiger partial charge on any atom is -0.352 e. The van der Waals surface area contributed by atoms with E-state index in [4.69, 9.17) is 34.8 Å². The van der Waals surface area contributed by atoms with Crippen LogP contribution in [0.2, 0.25) is 15.1 Å². The first-order chi connectivity index (χ1) is 13.7. The van der Waals surface area contributed by atoms with E-state index in [0.717, 1.165) is 12.0 Å². The van der Waals surface area contributed by atoms with E-state index in [1.54, 1.807) is 49.4 Å². The van der Waals surface area contributed by atoms with Gasteiger partial charge in [0.1, 0.15) is 6.04 Å². The molecule has 2 rings (SSSR count). The van der Waals surface area contributed by atoms with E-state index in [1.807, 2.05) is 13.8 Å². The highest BCUT2D eigenvalue weighted by Gasteiger charge is 2.28. The smallest absolute Gasteiger partial charge is 0.242 e. The fourth-order valence-electron chi connectivity index (χ4n) is 2.78. The molecule has 0 aliphatic carbocycles. The zero-order valence-corrected chi connectivity index (χ0v) is 19.0. The number of hydrogen-bond acceptors (Lipinski definition) is 2. The molecule has 1 N–H and O–H groups in total. The molecule has 29 heavy (non-hydrogen) atoms. The Morgan fingerprint density at radius 3 is 2.14 bits per heavy atom. The van der Waals surface area contributed by atoms with E-state index in [9.17, 15) is 9.59 Å². The number of amides is 2. The summed E-state index contributed by atoms with van der Waals surface area (Å²) in [6.45, 7) is 5.76. The summed E-state index contributed by atoms with van der Waals surface area (Å²) in [4.78, 5) is 27.4. The molecule has 2 amide bonds. The number of carbonyl (C=O) groups is 2. The van der Waals surface area contributed by atoms with Gasteiger partial charge in [-0.05, 0) is 50.1 Å². The molecular weight excluding hydrogens is 431 g/mol. The molecule has 156 valence electrons. The number of rotatable bonds is 8. The van der Waals surface area contributed by atoms with Crippen molar-refractivity contribution in [2.24, 2.45) is 0 Å². The first-order valence-corrected chi connectivity index (χ1v) is 10.6. The standard InChI is InChI=1S/C22H25Cl3N2O2/c1-4-14(2)26-22(29)15(3)27(13-18-19(24)6-5-7-20(18)25)21(28)12-16-8-10-17(23)11-9-16/h5-11,14-15H,4,12-13H2,1-3H3,(H,26,29)/t14-,15+/m1/s1. The zero-order valence-electron chi connectivity index (χ0n) is 16.7. The molecule has 0 aliphatic heterocycles. The van der Waals surface area contributed by atoms with Crippen LogP contribution < -0.4 is 5.32 Å². The number of halogens is 3. The molecule has 0 aromatic heterocycles. The second-order valence-electron chi connectivity index (χ2n) is 7.02. The normalized spacial score (nSPS) is 12.9. The molecule has 0 aliphatic rings. The van der Waals surface area contributed by atoms with Crippen LogP contribution in [0.1, 0.15) is 38.3 Å². The highest BCUT2D eigenvalue weighted by atomic mass is 35.5. The van der Waals surface area contributed by atoms with Crippen LogP contribution in [0, 0.1) is 0 Å². The summed E-state index contributed by atoms with van der Waals surface area (Å²) in [6.07, 6.45) is 0.938. The first-order valence-electron chi connectivity index (χ1n) is 9.50. The van der Waals surface area contributed by atoms with Crippen LogP contribution in [0.5, 0.6) is 0 Å². The molecule has 0 bridgehead atoms. The average Bonchev–Trinajstić information content (AvgIpc) is 2.68. The minimum absolute atomic E-state index is 0.0158. The number of nitrogens with zero attached hydrogens (tertiary/aromatic N) is 1. The van der Waals surface area contributed by atoms with Crippen LogP contribution in [0.25, 0.3) is 0 Å². The van der Waals surface area contributed by atoms with E-state index in [-0.39, 0.29) is 30.8 Å². The molecule has 0 fully saturated rings. The Morgan fingerprint density at radius 1 is 1.00 bits per heavy atom. The molecule has 0 spiro atoms. The van der Waals surface area contributed by atoms with Crippen LogP contribution in [0.4, 0.5) is 0 Å². The third-order valence-electron chi connectivity index (χ3n) is 4.83. The van der Waals surface area contributed by atoms with Crippen LogP contribution in [-0.4, -0.2) is 28.8 Å². The summed E-state index contributed by atoms with van der Waals surface area (Å²) in [6, 6.07) is 11.6. The predicted molar refractivity (Wildman–Crippen MR) is 120 cm³/mol. The van der Waals surface area contributed by atoms with Gasteiger partial charge in [0.2, 0.25) is 11.8 Å². The summed E-state index contributed by atoms with van der Waals surface area (Å²) in [7, 11) is 0. The number of hydrogen-bond donors (Lipinski definition) is 1. The lowest BCUT2D eigenvalue weighted by Gasteiger charge is -2.30. The second-order valence-corrected chi connectivity index (χ2v) is 8.27. The van der Waals surface area contributed by atoms with Gasteiger partial charge in [0.05, 0.1) is 6.42 Å². The Morgan fingerprint density at radius 2 is 1.59 bits per heavy atom. The van der Waals surface area contributed by atoms with Crippen molar-refractivity contribution in [3.63, 3.8) is 0 Å². The Kier molecular flexibility index (Phi) is 8.81. The topological polar surface area (TPSA) is 49.4 Å². The van der Waals surface area contributed by atoms with Crippen LogP contribution >= 0.6 is 34.8 Å². The van der Waals surface area contributed by atoms with Crippen molar-refractivity contribution in [1.82, 2.24) is 10.2 Å². The highest BCUT2D eigenvalue weighted by molar-refractivity contribution is 6.36. The van der Waals surface area contributed by atoms with Gasteiger partial charge in [-0.3, -0.25) is 9.59 Å². The molecule has 0 saturated heterocycles. The summed E-state index contributed by atoms with van der Waals surface area (Å²) in [5.41, 5.74) is 1.42. The molecule has 2 aromatic carbocycles. The van der Waals surface area contributed by atoms with Crippen molar-refractivity contribution in [1.29, 1.82) is 0 Å². The number of benzene rings is 2. The summed E-state index contributed by atoms with van der Waals surface area (Å²) in [5.74, 6) is -0.415. The quantitative estimate of drug-likeness (QED) is 0.569. The fourth-order valence-corrected chi connectivity index (χ4v) is 3.42. The van der Waals surface area contributed by atoms with Gasteiger partial charge in [-0.25, -0.2) is 0 Å². The lowest BCUT2D eigenvalue weighted by Crippen LogP contribution is -2.50. The van der Waals surface area contributed by atoms with Crippen molar-refractivity contribution < 1.29 is 9.59 Å². The van der Waals surface area contributed by atoms with Crippen molar-refractivity contribution >= 4 is 46.6 Å². The van der Waals surface area contributed by atoms with Crippen LogP contribution in [-0.2, 0) is 22.6 Å². The Hall–Kier alpha value is -1.75. The summed E-state index contributed by atoms with van der Waals surface area (Å²) in [5, 5.41) is 4.44. The molecule has 0 unspecified atom stereocenters. The van der Waals surface area contributed by atoms with Gasteiger partial charge in [-0.15, -0.1) is 0 Å².